The van der Waals surface area contributed by atoms with Crippen molar-refractivity contribution in [2.75, 3.05) is 13.7 Å². The van der Waals surface area contributed by atoms with E-state index in [-0.39, 0.29) is 25.0 Å². The van der Waals surface area contributed by atoms with Crippen molar-refractivity contribution in [3.63, 3.8) is 0 Å². The first-order valence-corrected chi connectivity index (χ1v) is 8.18. The van der Waals surface area contributed by atoms with Gasteiger partial charge in [-0.15, -0.1) is 0 Å². The minimum Gasteiger partial charge on any atom is -0.367 e. The van der Waals surface area contributed by atoms with Crippen molar-refractivity contribution >= 4 is 6.03 Å². The van der Waals surface area contributed by atoms with E-state index in [0.717, 1.165) is 11.1 Å². The average molecular weight is 384 g/mol. The van der Waals surface area contributed by atoms with Gasteiger partial charge in [-0.1, -0.05) is 36.4 Å². The molecule has 0 fully saturated rings. The van der Waals surface area contributed by atoms with Crippen molar-refractivity contribution in [3.05, 3.63) is 71.0 Å². The summed E-state index contributed by atoms with van der Waals surface area (Å²) >= 11 is 0. The molecule has 2 amide bonds. The normalized spacial score (nSPS) is 11.3. The summed E-state index contributed by atoms with van der Waals surface area (Å²) in [6, 6.07) is 12.3. The number of carbonyl (C=O) groups excluding carboxylic acids is 1. The molecule has 8 heteroatoms. The first kappa shape index (κ1) is 20.7. The summed E-state index contributed by atoms with van der Waals surface area (Å²) in [6.45, 7) is -0.810. The molecule has 2 aromatic carbocycles. The van der Waals surface area contributed by atoms with Crippen molar-refractivity contribution < 1.29 is 27.1 Å². The van der Waals surface area contributed by atoms with Gasteiger partial charge in [-0.3, -0.25) is 0 Å². The fourth-order valence-electron chi connectivity index (χ4n) is 2.29. The van der Waals surface area contributed by atoms with Crippen LogP contribution in [0.25, 0.3) is 0 Å². The molecule has 0 bridgehead atoms. The number of ether oxygens (including phenoxy) is 1. The van der Waals surface area contributed by atoms with Gasteiger partial charge in [0.1, 0.15) is 12.4 Å². The second-order valence-electron chi connectivity index (χ2n) is 6.07. The zero-order valence-electron chi connectivity index (χ0n) is 14.7. The van der Waals surface area contributed by atoms with Crippen LogP contribution in [0.3, 0.4) is 0 Å². The summed E-state index contributed by atoms with van der Waals surface area (Å²) < 4.78 is 53.6. The van der Waals surface area contributed by atoms with E-state index in [1.165, 1.54) is 17.0 Å². The van der Waals surface area contributed by atoms with Crippen LogP contribution in [0.1, 0.15) is 16.7 Å². The van der Waals surface area contributed by atoms with Crippen LogP contribution in [-0.2, 0) is 24.4 Å². The molecule has 2 rings (SSSR count). The van der Waals surface area contributed by atoms with Gasteiger partial charge in [0.15, 0.2) is 0 Å². The number of urea groups is 1. The molecule has 0 saturated heterocycles. The van der Waals surface area contributed by atoms with Crippen LogP contribution in [0, 0.1) is 5.82 Å². The second-order valence-corrected chi connectivity index (χ2v) is 6.07. The molecule has 1 N–H and O–H groups in total. The molecule has 0 aliphatic carbocycles. The molecule has 0 radical (unpaired) electrons. The maximum atomic E-state index is 12.9. The Labute approximate surface area is 154 Å². The number of hydrogen-bond acceptors (Lipinski definition) is 2. The Morgan fingerprint density at radius 3 is 2.15 bits per heavy atom. The Bertz CT molecular complexity index is 731. The molecule has 0 heterocycles. The van der Waals surface area contributed by atoms with Crippen LogP contribution in [0.5, 0.6) is 0 Å². The zero-order valence-corrected chi connectivity index (χ0v) is 14.7. The number of carbonyl (C=O) groups is 1. The zero-order chi connectivity index (χ0) is 19.9. The van der Waals surface area contributed by atoms with Crippen LogP contribution in [0.2, 0.25) is 0 Å². The van der Waals surface area contributed by atoms with Crippen LogP contribution >= 0.6 is 0 Å². The molecule has 0 aliphatic rings. The summed E-state index contributed by atoms with van der Waals surface area (Å²) in [5.74, 6) is -0.335. The Balaban J connectivity index is 1.76. The van der Waals surface area contributed by atoms with E-state index < -0.39 is 12.8 Å². The molecule has 0 spiro atoms. The van der Waals surface area contributed by atoms with Crippen molar-refractivity contribution in [2.24, 2.45) is 0 Å². The molecule has 4 nitrogen and oxygen atoms in total. The smallest absolute Gasteiger partial charge is 0.367 e. The average Bonchev–Trinajstić information content (AvgIpc) is 2.61. The van der Waals surface area contributed by atoms with E-state index in [1.807, 2.05) is 0 Å². The molecular weight excluding hydrogens is 364 g/mol. The van der Waals surface area contributed by atoms with Crippen molar-refractivity contribution in [1.29, 1.82) is 0 Å². The SMILES string of the molecule is CN(Cc1ccc(F)cc1)C(=O)NCc1ccc(COCC(F)(F)F)cc1. The lowest BCUT2D eigenvalue weighted by Gasteiger charge is -2.18. The third-order valence-corrected chi connectivity index (χ3v) is 3.68. The highest BCUT2D eigenvalue weighted by Crippen LogP contribution is 2.16. The second kappa shape index (κ2) is 9.36. The maximum Gasteiger partial charge on any atom is 0.411 e. The number of benzene rings is 2. The molecular formula is C19H20F4N2O2. The van der Waals surface area contributed by atoms with E-state index >= 15 is 0 Å². The Hall–Kier alpha value is -2.61. The molecule has 0 unspecified atom stereocenters. The van der Waals surface area contributed by atoms with Crippen molar-refractivity contribution in [2.45, 2.75) is 25.9 Å². The van der Waals surface area contributed by atoms with Gasteiger partial charge in [0, 0.05) is 20.1 Å². The predicted molar refractivity (Wildman–Crippen MR) is 92.3 cm³/mol. The van der Waals surface area contributed by atoms with Crippen molar-refractivity contribution in [1.82, 2.24) is 10.2 Å². The fraction of sp³-hybridized carbons (Fsp3) is 0.316. The molecule has 27 heavy (non-hydrogen) atoms. The summed E-state index contributed by atoms with van der Waals surface area (Å²) in [5.41, 5.74) is 2.22. The Morgan fingerprint density at radius 2 is 1.56 bits per heavy atom. The number of nitrogens with zero attached hydrogens (tertiary/aromatic N) is 1. The van der Waals surface area contributed by atoms with Gasteiger partial charge in [-0.25, -0.2) is 9.18 Å². The molecule has 146 valence electrons. The van der Waals surface area contributed by atoms with Gasteiger partial charge in [0.05, 0.1) is 6.61 Å². The van der Waals surface area contributed by atoms with Gasteiger partial charge in [0.25, 0.3) is 0 Å². The summed E-state index contributed by atoms with van der Waals surface area (Å²) in [4.78, 5) is 13.6. The highest BCUT2D eigenvalue weighted by Gasteiger charge is 2.27. The highest BCUT2D eigenvalue weighted by atomic mass is 19.4. The maximum absolute atomic E-state index is 12.9. The van der Waals surface area contributed by atoms with Crippen LogP contribution < -0.4 is 5.32 Å². The molecule has 0 saturated carbocycles. The van der Waals surface area contributed by atoms with Gasteiger partial charge >= 0.3 is 12.2 Å². The number of alkyl halides is 3. The van der Waals surface area contributed by atoms with Gasteiger partial charge in [-0.2, -0.15) is 13.2 Å². The fourth-order valence-corrected chi connectivity index (χ4v) is 2.29. The minimum atomic E-state index is -4.34. The molecule has 2 aromatic rings. The first-order valence-electron chi connectivity index (χ1n) is 8.18. The predicted octanol–water partition coefficient (Wildman–Crippen LogP) is 4.25. The summed E-state index contributed by atoms with van der Waals surface area (Å²) in [6.07, 6.45) is -4.34. The third kappa shape index (κ3) is 7.65. The largest absolute Gasteiger partial charge is 0.411 e. The number of halogens is 4. The van der Waals surface area contributed by atoms with Crippen LogP contribution in [0.15, 0.2) is 48.5 Å². The quantitative estimate of drug-likeness (QED) is 0.726. The number of rotatable bonds is 7. The van der Waals surface area contributed by atoms with Gasteiger partial charge in [0.2, 0.25) is 0 Å². The van der Waals surface area contributed by atoms with Gasteiger partial charge < -0.3 is 15.0 Å². The van der Waals surface area contributed by atoms with E-state index in [1.54, 1.807) is 43.4 Å². The molecule has 0 aliphatic heterocycles. The number of amides is 2. The Kier molecular flexibility index (Phi) is 7.18. The first-order chi connectivity index (χ1) is 12.7. The lowest BCUT2D eigenvalue weighted by atomic mass is 10.1. The molecule has 0 atom stereocenters. The number of nitrogens with one attached hydrogen (secondary N) is 1. The standard InChI is InChI=1S/C19H20F4N2O2/c1-25(11-15-6-8-17(20)9-7-15)18(26)24-10-14-2-4-16(5-3-14)12-27-13-19(21,22)23/h2-9H,10-13H2,1H3,(H,24,26). The van der Waals surface area contributed by atoms with E-state index in [4.69, 9.17) is 0 Å². The van der Waals surface area contributed by atoms with E-state index in [0.29, 0.717) is 12.1 Å². The topological polar surface area (TPSA) is 41.6 Å². The van der Waals surface area contributed by atoms with Crippen molar-refractivity contribution in [3.8, 4) is 0 Å². The number of hydrogen-bond donors (Lipinski definition) is 1. The summed E-state index contributed by atoms with van der Waals surface area (Å²) in [7, 11) is 1.62. The van der Waals surface area contributed by atoms with Gasteiger partial charge in [-0.05, 0) is 28.8 Å². The highest BCUT2D eigenvalue weighted by molar-refractivity contribution is 5.73. The van der Waals surface area contributed by atoms with Crippen LogP contribution in [0.4, 0.5) is 22.4 Å². The minimum absolute atomic E-state index is 0.132. The monoisotopic (exact) mass is 384 g/mol. The lowest BCUT2D eigenvalue weighted by Crippen LogP contribution is -2.36. The van der Waals surface area contributed by atoms with E-state index in [2.05, 4.69) is 10.1 Å². The third-order valence-electron chi connectivity index (χ3n) is 3.68. The Morgan fingerprint density at radius 1 is 1.00 bits per heavy atom. The van der Waals surface area contributed by atoms with E-state index in [9.17, 15) is 22.4 Å². The lowest BCUT2D eigenvalue weighted by molar-refractivity contribution is -0.176. The summed E-state index contributed by atoms with van der Waals surface area (Å²) in [5, 5.41) is 2.75. The molecule has 0 aromatic heterocycles. The van der Waals surface area contributed by atoms with Crippen LogP contribution in [-0.4, -0.2) is 30.8 Å².